The summed E-state index contributed by atoms with van der Waals surface area (Å²) in [5.41, 5.74) is 1.62. The van der Waals surface area contributed by atoms with Crippen LogP contribution in [0.25, 0.3) is 0 Å². The van der Waals surface area contributed by atoms with Crippen molar-refractivity contribution in [1.82, 2.24) is 10.2 Å². The lowest BCUT2D eigenvalue weighted by Gasteiger charge is -2.38. The number of nitrogens with zero attached hydrogens (tertiary/aromatic N) is 1. The lowest BCUT2D eigenvalue weighted by atomic mass is 9.85. The van der Waals surface area contributed by atoms with Crippen LogP contribution in [0.5, 0.6) is 17.2 Å². The molecular formula is C31H37FN2O5. The minimum Gasteiger partial charge on any atom is -0.497 e. The highest BCUT2D eigenvalue weighted by Gasteiger charge is 2.39. The van der Waals surface area contributed by atoms with Gasteiger partial charge >= 0.3 is 6.03 Å². The summed E-state index contributed by atoms with van der Waals surface area (Å²) in [5.74, 6) is 1.40. The molecular weight excluding hydrogens is 499 g/mol. The Balaban J connectivity index is 2.07. The summed E-state index contributed by atoms with van der Waals surface area (Å²) < 4.78 is 37.2. The molecule has 3 aromatic carbocycles. The van der Waals surface area contributed by atoms with Crippen molar-refractivity contribution in [3.8, 4) is 17.2 Å². The molecule has 8 heteroatoms. The number of aryl methyl sites for hydroxylation is 1. The molecule has 0 heterocycles. The third-order valence-electron chi connectivity index (χ3n) is 6.78. The molecule has 208 valence electrons. The number of benzene rings is 3. The molecule has 3 rings (SSSR count). The summed E-state index contributed by atoms with van der Waals surface area (Å²) in [5, 5.41) is 3.05. The molecule has 2 amide bonds. The maximum absolute atomic E-state index is 15.1. The van der Waals surface area contributed by atoms with Gasteiger partial charge in [0.25, 0.3) is 0 Å². The first-order valence-electron chi connectivity index (χ1n) is 12.5. The number of hydrogen-bond donors (Lipinski definition) is 1. The normalized spacial score (nSPS) is 13.1. The standard InChI is InChI=1S/C31H37FN2O5/c1-8-29(39-7)31(3,25-11-9-10-12-26(25)32)33-30(35)34(19-22-14-13-21(2)17-27(22)37-5)20-23-15-16-24(36-4)18-28(23)38-6/h8-18,29H,1,19-20H2,2-7H3,(H,33,35)/t29-,31+/m0/s1. The van der Waals surface area contributed by atoms with Gasteiger partial charge in [-0.3, -0.25) is 0 Å². The van der Waals surface area contributed by atoms with Crippen molar-refractivity contribution < 1.29 is 28.1 Å². The molecule has 0 bridgehead atoms. The van der Waals surface area contributed by atoms with E-state index in [4.69, 9.17) is 18.9 Å². The van der Waals surface area contributed by atoms with E-state index in [0.717, 1.165) is 16.7 Å². The van der Waals surface area contributed by atoms with Crippen LogP contribution in [-0.2, 0) is 23.4 Å². The van der Waals surface area contributed by atoms with Gasteiger partial charge in [0, 0.05) is 29.9 Å². The molecule has 0 unspecified atom stereocenters. The van der Waals surface area contributed by atoms with Crippen molar-refractivity contribution in [3.05, 3.63) is 101 Å². The van der Waals surface area contributed by atoms with Crippen LogP contribution < -0.4 is 19.5 Å². The van der Waals surface area contributed by atoms with E-state index >= 15 is 4.39 Å². The zero-order valence-corrected chi connectivity index (χ0v) is 23.4. The second kappa shape index (κ2) is 13.2. The molecule has 7 nitrogen and oxygen atoms in total. The van der Waals surface area contributed by atoms with E-state index in [-0.39, 0.29) is 18.7 Å². The van der Waals surface area contributed by atoms with Crippen LogP contribution in [0.1, 0.15) is 29.2 Å². The first-order valence-corrected chi connectivity index (χ1v) is 12.5. The molecule has 0 saturated carbocycles. The zero-order chi connectivity index (χ0) is 28.6. The molecule has 0 aliphatic rings. The van der Waals surface area contributed by atoms with Gasteiger partial charge in [-0.1, -0.05) is 36.4 Å². The molecule has 0 aliphatic heterocycles. The van der Waals surface area contributed by atoms with E-state index < -0.39 is 23.5 Å². The quantitative estimate of drug-likeness (QED) is 0.288. The Morgan fingerprint density at radius 3 is 2.15 bits per heavy atom. The Morgan fingerprint density at radius 1 is 0.974 bits per heavy atom. The molecule has 0 aromatic heterocycles. The SMILES string of the molecule is C=C[C@H](OC)[C@](C)(NC(=O)N(Cc1ccc(C)cc1OC)Cc1ccc(OC)cc1OC)c1ccccc1F. The average Bonchev–Trinajstić information content (AvgIpc) is 2.94. The van der Waals surface area contributed by atoms with Crippen molar-refractivity contribution in [2.75, 3.05) is 28.4 Å². The maximum atomic E-state index is 15.1. The summed E-state index contributed by atoms with van der Waals surface area (Å²) in [6, 6.07) is 17.1. The van der Waals surface area contributed by atoms with Gasteiger partial charge in [-0.25, -0.2) is 9.18 Å². The fourth-order valence-corrected chi connectivity index (χ4v) is 4.62. The number of rotatable bonds is 12. The number of carbonyl (C=O) groups excluding carboxylic acids is 1. The summed E-state index contributed by atoms with van der Waals surface area (Å²) in [4.78, 5) is 15.7. The first-order chi connectivity index (χ1) is 18.7. The van der Waals surface area contributed by atoms with Crippen LogP contribution in [0.15, 0.2) is 73.3 Å². The third-order valence-corrected chi connectivity index (χ3v) is 6.78. The van der Waals surface area contributed by atoms with Gasteiger partial charge in [0.2, 0.25) is 0 Å². The predicted octanol–water partition coefficient (Wildman–Crippen LogP) is 5.99. The predicted molar refractivity (Wildman–Crippen MR) is 150 cm³/mol. The van der Waals surface area contributed by atoms with E-state index in [2.05, 4.69) is 11.9 Å². The summed E-state index contributed by atoms with van der Waals surface area (Å²) in [6.45, 7) is 7.95. The van der Waals surface area contributed by atoms with E-state index in [1.165, 1.54) is 13.2 Å². The van der Waals surface area contributed by atoms with Crippen molar-refractivity contribution in [2.24, 2.45) is 0 Å². The van der Waals surface area contributed by atoms with Gasteiger partial charge in [0.15, 0.2) is 0 Å². The minimum atomic E-state index is -1.27. The molecule has 39 heavy (non-hydrogen) atoms. The lowest BCUT2D eigenvalue weighted by molar-refractivity contribution is 0.0565. The fraction of sp³-hybridized carbons (Fsp3) is 0.323. The van der Waals surface area contributed by atoms with Crippen LogP contribution in [0.4, 0.5) is 9.18 Å². The highest BCUT2D eigenvalue weighted by molar-refractivity contribution is 5.76. The Hall–Kier alpha value is -4.04. The van der Waals surface area contributed by atoms with Crippen LogP contribution in [0.2, 0.25) is 0 Å². The van der Waals surface area contributed by atoms with Crippen LogP contribution in [0, 0.1) is 12.7 Å². The number of nitrogens with one attached hydrogen (secondary N) is 1. The van der Waals surface area contributed by atoms with Gasteiger partial charge in [0.05, 0.1) is 40.0 Å². The van der Waals surface area contributed by atoms with Gasteiger partial charge in [0.1, 0.15) is 29.2 Å². The Bertz CT molecular complexity index is 1300. The minimum absolute atomic E-state index is 0.190. The van der Waals surface area contributed by atoms with E-state index in [1.54, 1.807) is 63.5 Å². The number of urea groups is 1. The van der Waals surface area contributed by atoms with Crippen LogP contribution >= 0.6 is 0 Å². The van der Waals surface area contributed by atoms with E-state index in [9.17, 15) is 4.79 Å². The monoisotopic (exact) mass is 536 g/mol. The van der Waals surface area contributed by atoms with Crippen molar-refractivity contribution in [3.63, 3.8) is 0 Å². The van der Waals surface area contributed by atoms with Crippen molar-refractivity contribution >= 4 is 6.03 Å². The zero-order valence-electron chi connectivity index (χ0n) is 23.4. The largest absolute Gasteiger partial charge is 0.497 e. The molecule has 0 radical (unpaired) electrons. The Kier molecular flexibility index (Phi) is 9.95. The number of carbonyl (C=O) groups is 1. The van der Waals surface area contributed by atoms with Crippen LogP contribution in [-0.4, -0.2) is 45.5 Å². The number of hydrogen-bond acceptors (Lipinski definition) is 5. The number of halogens is 1. The molecule has 3 aromatic rings. The summed E-state index contributed by atoms with van der Waals surface area (Å²) in [7, 11) is 6.23. The fourth-order valence-electron chi connectivity index (χ4n) is 4.62. The van der Waals surface area contributed by atoms with E-state index in [0.29, 0.717) is 17.2 Å². The highest BCUT2D eigenvalue weighted by Crippen LogP contribution is 2.32. The van der Waals surface area contributed by atoms with Crippen molar-refractivity contribution in [1.29, 1.82) is 0 Å². The Labute approximate surface area is 230 Å². The number of amides is 2. The topological polar surface area (TPSA) is 69.3 Å². The Morgan fingerprint density at radius 2 is 1.59 bits per heavy atom. The first kappa shape index (κ1) is 29.5. The van der Waals surface area contributed by atoms with Crippen LogP contribution in [0.3, 0.4) is 0 Å². The number of methoxy groups -OCH3 is 4. The molecule has 0 aliphatic carbocycles. The second-order valence-electron chi connectivity index (χ2n) is 9.35. The van der Waals surface area contributed by atoms with Crippen molar-refractivity contribution in [2.45, 2.75) is 38.6 Å². The van der Waals surface area contributed by atoms with Gasteiger partial charge < -0.3 is 29.2 Å². The number of ether oxygens (including phenoxy) is 4. The van der Waals surface area contributed by atoms with Gasteiger partial charge in [-0.2, -0.15) is 0 Å². The summed E-state index contributed by atoms with van der Waals surface area (Å²) in [6.07, 6.45) is 0.830. The smallest absolute Gasteiger partial charge is 0.318 e. The molecule has 0 fully saturated rings. The molecule has 1 N–H and O–H groups in total. The van der Waals surface area contributed by atoms with Gasteiger partial charge in [-0.05, 0) is 43.7 Å². The maximum Gasteiger partial charge on any atom is 0.318 e. The van der Waals surface area contributed by atoms with Gasteiger partial charge in [-0.15, -0.1) is 6.58 Å². The molecule has 0 spiro atoms. The summed E-state index contributed by atoms with van der Waals surface area (Å²) >= 11 is 0. The lowest BCUT2D eigenvalue weighted by Crippen LogP contribution is -2.55. The molecule has 0 saturated heterocycles. The van der Waals surface area contributed by atoms with E-state index in [1.807, 2.05) is 37.3 Å². The molecule has 2 atom stereocenters. The second-order valence-corrected chi connectivity index (χ2v) is 9.35. The third kappa shape index (κ3) is 6.70. The highest BCUT2D eigenvalue weighted by atomic mass is 19.1. The average molecular weight is 537 g/mol.